The molecular weight excluding hydrogens is 258 g/mol. The average Bonchev–Trinajstić information content (AvgIpc) is 2.44. The van der Waals surface area contributed by atoms with Gasteiger partial charge in [-0.05, 0) is 36.6 Å². The van der Waals surface area contributed by atoms with Gasteiger partial charge in [0.1, 0.15) is 5.75 Å². The quantitative estimate of drug-likeness (QED) is 0.775. The zero-order chi connectivity index (χ0) is 15.0. The molecule has 0 aromatic heterocycles. The molecule has 5 heteroatoms. The van der Waals surface area contributed by atoms with Gasteiger partial charge in [-0.25, -0.2) is 4.79 Å². The number of methoxy groups -OCH3 is 1. The molecule has 1 aromatic carbocycles. The summed E-state index contributed by atoms with van der Waals surface area (Å²) in [5.41, 5.74) is 0.446. The molecule has 1 amide bonds. The van der Waals surface area contributed by atoms with E-state index < -0.39 is 5.97 Å². The molecule has 20 heavy (non-hydrogen) atoms. The Bertz CT molecular complexity index is 440. The summed E-state index contributed by atoms with van der Waals surface area (Å²) in [6.45, 7) is 4.83. The van der Waals surface area contributed by atoms with Crippen molar-refractivity contribution in [3.05, 3.63) is 29.8 Å². The number of nitrogens with one attached hydrogen (secondary N) is 1. The van der Waals surface area contributed by atoms with Gasteiger partial charge in [-0.3, -0.25) is 4.79 Å². The molecule has 0 atom stereocenters. The third-order valence-electron chi connectivity index (χ3n) is 2.69. The first-order valence-corrected chi connectivity index (χ1v) is 6.60. The predicted molar refractivity (Wildman–Crippen MR) is 75.7 cm³/mol. The Hall–Kier alpha value is -2.04. The second-order valence-corrected chi connectivity index (χ2v) is 4.84. The number of amides is 1. The van der Waals surface area contributed by atoms with Crippen LogP contribution in [-0.4, -0.2) is 32.1 Å². The van der Waals surface area contributed by atoms with Crippen molar-refractivity contribution in [1.82, 2.24) is 5.32 Å². The topological polar surface area (TPSA) is 64.6 Å². The molecule has 110 valence electrons. The Kier molecular flexibility index (Phi) is 6.56. The molecule has 0 saturated carbocycles. The number of carbonyl (C=O) groups excluding carboxylic acids is 2. The van der Waals surface area contributed by atoms with Crippen molar-refractivity contribution < 1.29 is 19.1 Å². The lowest BCUT2D eigenvalue weighted by Crippen LogP contribution is -2.30. The number of carbonyl (C=O) groups is 2. The lowest BCUT2D eigenvalue weighted by atomic mass is 10.1. The third-order valence-corrected chi connectivity index (χ3v) is 2.69. The molecule has 0 heterocycles. The fourth-order valence-corrected chi connectivity index (χ4v) is 1.51. The van der Waals surface area contributed by atoms with Gasteiger partial charge in [-0.15, -0.1) is 0 Å². The molecule has 0 radical (unpaired) electrons. The van der Waals surface area contributed by atoms with E-state index in [2.05, 4.69) is 23.9 Å². The van der Waals surface area contributed by atoms with Gasteiger partial charge in [0.05, 0.1) is 12.7 Å². The summed E-state index contributed by atoms with van der Waals surface area (Å²) in [6.07, 6.45) is 0.944. The van der Waals surface area contributed by atoms with Gasteiger partial charge in [-0.2, -0.15) is 0 Å². The van der Waals surface area contributed by atoms with Crippen LogP contribution in [0.5, 0.6) is 5.75 Å². The van der Waals surface area contributed by atoms with Crippen LogP contribution < -0.4 is 10.1 Å². The van der Waals surface area contributed by atoms with E-state index in [-0.39, 0.29) is 12.5 Å². The monoisotopic (exact) mass is 279 g/mol. The van der Waals surface area contributed by atoms with Gasteiger partial charge in [-0.1, -0.05) is 13.8 Å². The summed E-state index contributed by atoms with van der Waals surface area (Å²) in [5.74, 6) is 0.546. The summed E-state index contributed by atoms with van der Waals surface area (Å²) in [5, 5.41) is 2.78. The van der Waals surface area contributed by atoms with Crippen molar-refractivity contribution in [1.29, 1.82) is 0 Å². The number of esters is 1. The summed E-state index contributed by atoms with van der Waals surface area (Å²) < 4.78 is 9.92. The molecule has 0 aliphatic rings. The van der Waals surface area contributed by atoms with E-state index in [1.807, 2.05) is 0 Å². The van der Waals surface area contributed by atoms with Gasteiger partial charge in [0, 0.05) is 6.54 Å². The van der Waals surface area contributed by atoms with Crippen LogP contribution in [0.4, 0.5) is 0 Å². The van der Waals surface area contributed by atoms with Crippen molar-refractivity contribution >= 4 is 11.9 Å². The number of ether oxygens (including phenoxy) is 2. The zero-order valence-corrected chi connectivity index (χ0v) is 12.1. The zero-order valence-electron chi connectivity index (χ0n) is 12.1. The summed E-state index contributed by atoms with van der Waals surface area (Å²) in [4.78, 5) is 22.7. The van der Waals surface area contributed by atoms with E-state index in [0.29, 0.717) is 23.8 Å². The molecule has 1 aromatic rings. The highest BCUT2D eigenvalue weighted by Gasteiger charge is 2.06. The van der Waals surface area contributed by atoms with Crippen molar-refractivity contribution in [3.63, 3.8) is 0 Å². The maximum Gasteiger partial charge on any atom is 0.337 e. The molecule has 0 unspecified atom stereocenters. The lowest BCUT2D eigenvalue weighted by molar-refractivity contribution is -0.123. The van der Waals surface area contributed by atoms with Gasteiger partial charge >= 0.3 is 5.97 Å². The van der Waals surface area contributed by atoms with Crippen molar-refractivity contribution in [2.24, 2.45) is 5.92 Å². The normalized spacial score (nSPS) is 10.2. The fourth-order valence-electron chi connectivity index (χ4n) is 1.51. The second kappa shape index (κ2) is 8.19. The van der Waals surface area contributed by atoms with Crippen LogP contribution in [0.3, 0.4) is 0 Å². The Morgan fingerprint density at radius 1 is 1.20 bits per heavy atom. The minimum Gasteiger partial charge on any atom is -0.484 e. The van der Waals surface area contributed by atoms with Crippen LogP contribution in [0.25, 0.3) is 0 Å². The number of hydrogen-bond acceptors (Lipinski definition) is 4. The van der Waals surface area contributed by atoms with Gasteiger partial charge in [0.25, 0.3) is 5.91 Å². The number of benzene rings is 1. The van der Waals surface area contributed by atoms with Gasteiger partial charge in [0.15, 0.2) is 6.61 Å². The Labute approximate surface area is 119 Å². The maximum absolute atomic E-state index is 11.5. The second-order valence-electron chi connectivity index (χ2n) is 4.84. The number of hydrogen-bond donors (Lipinski definition) is 1. The predicted octanol–water partition coefficient (Wildman–Crippen LogP) is 2.01. The molecule has 0 aliphatic carbocycles. The first-order chi connectivity index (χ1) is 9.52. The first kappa shape index (κ1) is 16.0. The van der Waals surface area contributed by atoms with E-state index in [1.54, 1.807) is 24.3 Å². The Morgan fingerprint density at radius 3 is 2.40 bits per heavy atom. The SMILES string of the molecule is COC(=O)c1ccc(OCC(=O)NCCC(C)C)cc1. The summed E-state index contributed by atoms with van der Waals surface area (Å²) >= 11 is 0. The average molecular weight is 279 g/mol. The van der Waals surface area contributed by atoms with E-state index in [1.165, 1.54) is 7.11 Å². The molecular formula is C15H21NO4. The van der Waals surface area contributed by atoms with Crippen molar-refractivity contribution in [2.45, 2.75) is 20.3 Å². The molecule has 0 aliphatic heterocycles. The van der Waals surface area contributed by atoms with E-state index in [9.17, 15) is 9.59 Å². The molecule has 0 bridgehead atoms. The Balaban J connectivity index is 2.34. The van der Waals surface area contributed by atoms with E-state index in [4.69, 9.17) is 4.74 Å². The van der Waals surface area contributed by atoms with Gasteiger partial charge in [0.2, 0.25) is 0 Å². The smallest absolute Gasteiger partial charge is 0.337 e. The molecule has 0 saturated heterocycles. The first-order valence-electron chi connectivity index (χ1n) is 6.60. The molecule has 1 rings (SSSR count). The van der Waals surface area contributed by atoms with Crippen LogP contribution in [-0.2, 0) is 9.53 Å². The highest BCUT2D eigenvalue weighted by atomic mass is 16.5. The fraction of sp³-hybridized carbons (Fsp3) is 0.467. The third kappa shape index (κ3) is 5.73. The standard InChI is InChI=1S/C15H21NO4/c1-11(2)8-9-16-14(17)10-20-13-6-4-12(5-7-13)15(18)19-3/h4-7,11H,8-10H2,1-3H3,(H,16,17). The number of rotatable bonds is 7. The molecule has 0 fully saturated rings. The minimum absolute atomic E-state index is 0.0321. The molecule has 0 spiro atoms. The van der Waals surface area contributed by atoms with Gasteiger partial charge < -0.3 is 14.8 Å². The Morgan fingerprint density at radius 2 is 1.85 bits per heavy atom. The highest BCUT2D eigenvalue weighted by Crippen LogP contribution is 2.12. The molecule has 5 nitrogen and oxygen atoms in total. The molecule has 1 N–H and O–H groups in total. The van der Waals surface area contributed by atoms with E-state index in [0.717, 1.165) is 6.42 Å². The maximum atomic E-state index is 11.5. The largest absolute Gasteiger partial charge is 0.484 e. The van der Waals surface area contributed by atoms with Crippen LogP contribution >= 0.6 is 0 Å². The van der Waals surface area contributed by atoms with Crippen LogP contribution in [0.15, 0.2) is 24.3 Å². The summed E-state index contributed by atoms with van der Waals surface area (Å²) in [7, 11) is 1.33. The minimum atomic E-state index is -0.400. The highest BCUT2D eigenvalue weighted by molar-refractivity contribution is 5.89. The van der Waals surface area contributed by atoms with Crippen molar-refractivity contribution in [2.75, 3.05) is 20.3 Å². The van der Waals surface area contributed by atoms with E-state index >= 15 is 0 Å². The lowest BCUT2D eigenvalue weighted by Gasteiger charge is -2.09. The van der Waals surface area contributed by atoms with Crippen LogP contribution in [0.1, 0.15) is 30.6 Å². The summed E-state index contributed by atoms with van der Waals surface area (Å²) in [6, 6.07) is 6.46. The van der Waals surface area contributed by atoms with Crippen molar-refractivity contribution in [3.8, 4) is 5.75 Å². The van der Waals surface area contributed by atoms with Crippen LogP contribution in [0.2, 0.25) is 0 Å². The van der Waals surface area contributed by atoms with Crippen LogP contribution in [0, 0.1) is 5.92 Å².